The van der Waals surface area contributed by atoms with E-state index in [2.05, 4.69) is 136 Å². The molecule has 0 N–H and O–H groups in total. The van der Waals surface area contributed by atoms with Crippen LogP contribution in [0.5, 0.6) is 0 Å². The van der Waals surface area contributed by atoms with E-state index in [0.717, 1.165) is 0 Å². The Bertz CT molecular complexity index is 1750. The molecule has 0 spiro atoms. The minimum absolute atomic E-state index is 1.20. The van der Waals surface area contributed by atoms with Crippen molar-refractivity contribution in [3.63, 3.8) is 0 Å². The van der Waals surface area contributed by atoms with Gasteiger partial charge < -0.3 is 0 Å². The van der Waals surface area contributed by atoms with Crippen molar-refractivity contribution in [2.75, 3.05) is 0 Å². The third-order valence-electron chi connectivity index (χ3n) is 7.47. The molecule has 6 aromatic rings. The van der Waals surface area contributed by atoms with Crippen LogP contribution >= 0.6 is 0 Å². The summed E-state index contributed by atoms with van der Waals surface area (Å²) >= 11 is 0. The number of hydrogen-bond acceptors (Lipinski definition) is 0. The molecule has 0 nitrogen and oxygen atoms in total. The van der Waals surface area contributed by atoms with Crippen LogP contribution in [0.2, 0.25) is 0 Å². The highest BCUT2D eigenvalue weighted by Crippen LogP contribution is 2.45. The summed E-state index contributed by atoms with van der Waals surface area (Å²) in [6, 6.07) is 42.0. The molecule has 0 radical (unpaired) electrons. The van der Waals surface area contributed by atoms with E-state index in [4.69, 9.17) is 0 Å². The van der Waals surface area contributed by atoms with Gasteiger partial charge in [0, 0.05) is 0 Å². The first-order chi connectivity index (χ1) is 17.7. The van der Waals surface area contributed by atoms with Gasteiger partial charge in [-0.3, -0.25) is 0 Å². The summed E-state index contributed by atoms with van der Waals surface area (Å²) in [6.45, 7) is 8.27. The quantitative estimate of drug-likeness (QED) is 0.181. The van der Waals surface area contributed by atoms with Crippen molar-refractivity contribution >= 4 is 37.9 Å². The zero-order valence-corrected chi connectivity index (χ0v) is 20.8. The zero-order valence-electron chi connectivity index (χ0n) is 20.8. The smallest absolute Gasteiger partial charge is 0.00201 e. The lowest BCUT2D eigenvalue weighted by Crippen LogP contribution is -1.92. The molecular formula is C36H28. The van der Waals surface area contributed by atoms with Gasteiger partial charge in [0.15, 0.2) is 0 Å². The Hall–Kier alpha value is -4.42. The Kier molecular flexibility index (Phi) is 5.51. The molecule has 0 aliphatic carbocycles. The van der Waals surface area contributed by atoms with Crippen LogP contribution in [0, 0.1) is 0 Å². The van der Waals surface area contributed by atoms with E-state index in [1.807, 2.05) is 6.08 Å². The molecule has 6 rings (SSSR count). The van der Waals surface area contributed by atoms with Crippen LogP contribution in [0.3, 0.4) is 0 Å². The van der Waals surface area contributed by atoms with Gasteiger partial charge in [-0.2, -0.15) is 0 Å². The minimum atomic E-state index is 1.20. The predicted molar refractivity (Wildman–Crippen MR) is 158 cm³/mol. The number of rotatable bonds is 4. The monoisotopic (exact) mass is 460 g/mol. The van der Waals surface area contributed by atoms with Crippen LogP contribution in [-0.4, -0.2) is 0 Å². The highest BCUT2D eigenvalue weighted by Gasteiger charge is 2.18. The fourth-order valence-electron chi connectivity index (χ4n) is 5.46. The number of benzene rings is 6. The molecule has 0 aliphatic heterocycles. The molecule has 6 aromatic carbocycles. The predicted octanol–water partition coefficient (Wildman–Crippen LogP) is 10.5. The summed E-state index contributed by atoms with van der Waals surface area (Å²) in [7, 11) is 0. The Morgan fingerprint density at radius 2 is 1.08 bits per heavy atom. The molecule has 0 fully saturated rings. The molecule has 0 bridgehead atoms. The second-order valence-corrected chi connectivity index (χ2v) is 9.46. The van der Waals surface area contributed by atoms with E-state index in [0.29, 0.717) is 0 Å². The number of hydrogen-bond donors (Lipinski definition) is 0. The second kappa shape index (κ2) is 8.98. The topological polar surface area (TPSA) is 0 Å². The van der Waals surface area contributed by atoms with Gasteiger partial charge in [-0.15, -0.1) is 0 Å². The van der Waals surface area contributed by atoms with Gasteiger partial charge in [-0.05, 0) is 91.2 Å². The minimum Gasteiger partial charge on any atom is -0.0988 e. The maximum atomic E-state index is 3.97. The Morgan fingerprint density at radius 3 is 1.72 bits per heavy atom. The first-order valence-corrected chi connectivity index (χ1v) is 12.5. The fourth-order valence-corrected chi connectivity index (χ4v) is 5.46. The van der Waals surface area contributed by atoms with Crippen LogP contribution < -0.4 is 0 Å². The van der Waals surface area contributed by atoms with Gasteiger partial charge in [-0.1, -0.05) is 122 Å². The molecule has 0 unspecified atom stereocenters. The van der Waals surface area contributed by atoms with E-state index in [1.165, 1.54) is 71.3 Å². The summed E-state index contributed by atoms with van der Waals surface area (Å²) in [6.07, 6.45) is 1.94. The van der Waals surface area contributed by atoms with Crippen molar-refractivity contribution in [2.24, 2.45) is 0 Å². The molecule has 0 aliphatic rings. The van der Waals surface area contributed by atoms with E-state index in [1.54, 1.807) is 0 Å². The van der Waals surface area contributed by atoms with E-state index >= 15 is 0 Å². The molecule has 0 heteroatoms. The molecule has 0 amide bonds. The standard InChI is InChI=1S/C36H28/c1-4-24(2)25(3)27-15-11-16-28(23-27)35-31-18-7-9-20-33(31)36(34-21-10-8-19-32(34)35)30-22-12-14-26-13-5-6-17-29(26)30/h4-23H,1H2,2-3H3/b25-24+. The van der Waals surface area contributed by atoms with Gasteiger partial charge >= 0.3 is 0 Å². The van der Waals surface area contributed by atoms with Crippen LogP contribution in [0.4, 0.5) is 0 Å². The maximum Gasteiger partial charge on any atom is -0.00201 e. The van der Waals surface area contributed by atoms with Gasteiger partial charge in [0.2, 0.25) is 0 Å². The van der Waals surface area contributed by atoms with Gasteiger partial charge in [0.1, 0.15) is 0 Å². The lowest BCUT2D eigenvalue weighted by molar-refractivity contribution is 1.46. The molecule has 0 aromatic heterocycles. The average molecular weight is 461 g/mol. The lowest BCUT2D eigenvalue weighted by atomic mass is 9.84. The Labute approximate surface area is 212 Å². The largest absolute Gasteiger partial charge is 0.0988 e. The molecule has 0 atom stereocenters. The van der Waals surface area contributed by atoms with Crippen molar-refractivity contribution in [1.82, 2.24) is 0 Å². The first-order valence-electron chi connectivity index (χ1n) is 12.5. The van der Waals surface area contributed by atoms with Crippen LogP contribution in [0.1, 0.15) is 19.4 Å². The number of fused-ring (bicyclic) bond motifs is 3. The third-order valence-corrected chi connectivity index (χ3v) is 7.47. The van der Waals surface area contributed by atoms with E-state index in [9.17, 15) is 0 Å². The third kappa shape index (κ3) is 3.54. The summed E-state index contributed by atoms with van der Waals surface area (Å²) < 4.78 is 0. The Morgan fingerprint density at radius 1 is 0.556 bits per heavy atom. The first kappa shape index (κ1) is 22.1. The van der Waals surface area contributed by atoms with Gasteiger partial charge in [-0.25, -0.2) is 0 Å². The molecule has 36 heavy (non-hydrogen) atoms. The van der Waals surface area contributed by atoms with Crippen molar-refractivity contribution < 1.29 is 0 Å². The summed E-state index contributed by atoms with van der Waals surface area (Å²) in [4.78, 5) is 0. The maximum absolute atomic E-state index is 3.97. The zero-order chi connectivity index (χ0) is 24.6. The molecule has 172 valence electrons. The van der Waals surface area contributed by atoms with Crippen molar-refractivity contribution in [1.29, 1.82) is 0 Å². The average Bonchev–Trinajstić information content (AvgIpc) is 2.95. The fraction of sp³-hybridized carbons (Fsp3) is 0.0556. The normalized spacial score (nSPS) is 12.2. The highest BCUT2D eigenvalue weighted by atomic mass is 14.2. The van der Waals surface area contributed by atoms with Crippen LogP contribution in [-0.2, 0) is 0 Å². The number of allylic oxidation sites excluding steroid dienone is 3. The molecule has 0 heterocycles. The van der Waals surface area contributed by atoms with Crippen molar-refractivity contribution in [3.8, 4) is 22.3 Å². The Balaban J connectivity index is 1.74. The molecule has 0 saturated heterocycles. The summed E-state index contributed by atoms with van der Waals surface area (Å²) in [5, 5.41) is 7.66. The van der Waals surface area contributed by atoms with Crippen molar-refractivity contribution in [3.05, 3.63) is 139 Å². The summed E-state index contributed by atoms with van der Waals surface area (Å²) in [5.74, 6) is 0. The van der Waals surface area contributed by atoms with E-state index in [-0.39, 0.29) is 0 Å². The molecule has 0 saturated carbocycles. The van der Waals surface area contributed by atoms with Gasteiger partial charge in [0.05, 0.1) is 0 Å². The van der Waals surface area contributed by atoms with Crippen molar-refractivity contribution in [2.45, 2.75) is 13.8 Å². The molecular weight excluding hydrogens is 432 g/mol. The lowest BCUT2D eigenvalue weighted by Gasteiger charge is -2.19. The van der Waals surface area contributed by atoms with Gasteiger partial charge in [0.25, 0.3) is 0 Å². The van der Waals surface area contributed by atoms with Crippen LogP contribution in [0.25, 0.3) is 60.1 Å². The second-order valence-electron chi connectivity index (χ2n) is 9.46. The summed E-state index contributed by atoms with van der Waals surface area (Å²) in [5.41, 5.74) is 8.80. The van der Waals surface area contributed by atoms with Crippen LogP contribution in [0.15, 0.2) is 133 Å². The highest BCUT2D eigenvalue weighted by molar-refractivity contribution is 6.23. The SMILES string of the molecule is C=C/C(C)=C(\C)c1cccc(-c2c3ccccc3c(-c3cccc4ccccc34)c3ccccc23)c1. The van der Waals surface area contributed by atoms with E-state index < -0.39 is 0 Å².